The summed E-state index contributed by atoms with van der Waals surface area (Å²) in [5.74, 6) is -5.38. The molecule has 36 heavy (non-hydrogen) atoms. The van der Waals surface area contributed by atoms with Crippen LogP contribution in [0.3, 0.4) is 0 Å². The van der Waals surface area contributed by atoms with Crippen molar-refractivity contribution in [2.75, 3.05) is 19.6 Å². The van der Waals surface area contributed by atoms with Gasteiger partial charge in [0.2, 0.25) is 11.8 Å². The van der Waals surface area contributed by atoms with Crippen LogP contribution in [0.4, 0.5) is 0 Å². The maximum Gasteiger partial charge on any atom is 0.336 e. The molecule has 0 aliphatic heterocycles. The number of unbranched alkanes of at least 4 members (excludes halogenated alkanes) is 5. The van der Waals surface area contributed by atoms with Crippen molar-refractivity contribution in [2.24, 2.45) is 5.73 Å². The van der Waals surface area contributed by atoms with E-state index in [9.17, 15) is 39.4 Å². The van der Waals surface area contributed by atoms with Gasteiger partial charge in [-0.25, -0.2) is 9.86 Å². The molecule has 206 valence electrons. The van der Waals surface area contributed by atoms with E-state index < -0.39 is 54.1 Å². The van der Waals surface area contributed by atoms with Gasteiger partial charge in [-0.1, -0.05) is 38.7 Å². The molecule has 8 N–H and O–H groups in total. The molecule has 3 amide bonds. The Kier molecular flexibility index (Phi) is 16.7. The summed E-state index contributed by atoms with van der Waals surface area (Å²) in [6.07, 6.45) is 7.46. The summed E-state index contributed by atoms with van der Waals surface area (Å²) in [4.78, 5) is 57.9. The number of nitrogens with zero attached hydrogens (tertiary/aromatic N) is 1. The van der Waals surface area contributed by atoms with E-state index in [2.05, 4.69) is 17.6 Å². The molecular formula is C23H40N4O9. The van der Waals surface area contributed by atoms with E-state index >= 15 is 0 Å². The van der Waals surface area contributed by atoms with Crippen LogP contribution in [0.25, 0.3) is 0 Å². The molecule has 0 aromatic heterocycles. The highest BCUT2D eigenvalue weighted by atomic mass is 16.5. The third-order valence-corrected chi connectivity index (χ3v) is 5.26. The fraction of sp³-hybridized carbons (Fsp3) is 0.696. The Balaban J connectivity index is 4.34. The lowest BCUT2D eigenvalue weighted by molar-refractivity contribution is -0.164. The Morgan fingerprint density at radius 3 is 2.08 bits per heavy atom. The molecule has 0 aliphatic rings. The molecule has 0 aromatic rings. The van der Waals surface area contributed by atoms with E-state index in [4.69, 9.17) is 10.8 Å². The number of amides is 3. The minimum Gasteiger partial charge on any atom is -0.480 e. The minimum atomic E-state index is -2.68. The Morgan fingerprint density at radius 2 is 1.53 bits per heavy atom. The zero-order valence-corrected chi connectivity index (χ0v) is 20.8. The number of carboxylic acid groups (broad SMARTS) is 2. The number of carbonyl (C=O) groups excluding carboxylic acids is 3. The first-order valence-corrected chi connectivity index (χ1v) is 12.1. The standard InChI is InChI=1S/C23H40N4O9/c1-2-3-4-5-6-7-8-10-20(30)27(36)14-9-12-25-18(28)15-23(35,22(33)34)16-19(29)26-13-11-17(24)21(31)32/h8,10,17,35-36H,2-7,9,11-16,24H2,1H3,(H,25,28)(H,26,29)(H,31,32)(H,33,34)/b10-8+. The fourth-order valence-electron chi connectivity index (χ4n) is 3.06. The van der Waals surface area contributed by atoms with E-state index in [1.165, 1.54) is 12.5 Å². The second kappa shape index (κ2) is 18.3. The number of allylic oxidation sites excluding steroid dienone is 1. The van der Waals surface area contributed by atoms with Crippen molar-refractivity contribution in [1.82, 2.24) is 15.7 Å². The lowest BCUT2D eigenvalue weighted by Gasteiger charge is -2.22. The van der Waals surface area contributed by atoms with E-state index in [0.29, 0.717) is 5.06 Å². The first-order valence-electron chi connectivity index (χ1n) is 12.1. The highest BCUT2D eigenvalue weighted by molar-refractivity contribution is 5.91. The summed E-state index contributed by atoms with van der Waals surface area (Å²) in [5, 5.41) is 43.1. The van der Waals surface area contributed by atoms with Crippen molar-refractivity contribution in [1.29, 1.82) is 0 Å². The SMILES string of the molecule is CCCCCCC/C=C/C(=O)N(O)CCCNC(=O)CC(O)(CC(=O)NCCC(N)C(=O)O)C(=O)O. The van der Waals surface area contributed by atoms with Crippen molar-refractivity contribution in [2.45, 2.75) is 82.8 Å². The predicted molar refractivity (Wildman–Crippen MR) is 129 cm³/mol. The Hall–Kier alpha value is -3.03. The molecule has 0 saturated heterocycles. The van der Waals surface area contributed by atoms with Gasteiger partial charge in [0.1, 0.15) is 6.04 Å². The van der Waals surface area contributed by atoms with Gasteiger partial charge in [0.05, 0.1) is 19.4 Å². The number of carboxylic acids is 2. The van der Waals surface area contributed by atoms with Gasteiger partial charge >= 0.3 is 11.9 Å². The molecule has 2 atom stereocenters. The van der Waals surface area contributed by atoms with Gasteiger partial charge in [0.25, 0.3) is 5.91 Å². The van der Waals surface area contributed by atoms with E-state index in [0.717, 1.165) is 32.1 Å². The second-order valence-corrected chi connectivity index (χ2v) is 8.54. The summed E-state index contributed by atoms with van der Waals surface area (Å²) in [6, 6.07) is -1.21. The topological polar surface area (TPSA) is 220 Å². The van der Waals surface area contributed by atoms with Crippen molar-refractivity contribution >= 4 is 29.7 Å². The number of rotatable bonds is 20. The maximum absolute atomic E-state index is 12.1. The third kappa shape index (κ3) is 15.1. The number of carbonyl (C=O) groups is 5. The number of aliphatic hydroxyl groups is 1. The smallest absolute Gasteiger partial charge is 0.336 e. The Bertz CT molecular complexity index is 760. The summed E-state index contributed by atoms with van der Waals surface area (Å²) in [5.41, 5.74) is 2.62. The van der Waals surface area contributed by atoms with Gasteiger partial charge in [-0.15, -0.1) is 0 Å². The first kappa shape index (κ1) is 33.0. The monoisotopic (exact) mass is 516 g/mol. The van der Waals surface area contributed by atoms with E-state index in [-0.39, 0.29) is 32.5 Å². The number of hydrogen-bond acceptors (Lipinski definition) is 8. The number of nitrogens with two attached hydrogens (primary N) is 1. The van der Waals surface area contributed by atoms with Gasteiger partial charge < -0.3 is 31.7 Å². The molecule has 13 heteroatoms. The van der Waals surface area contributed by atoms with Crippen molar-refractivity contribution in [3.63, 3.8) is 0 Å². The molecule has 0 heterocycles. The van der Waals surface area contributed by atoms with Gasteiger partial charge in [-0.3, -0.25) is 24.4 Å². The molecule has 0 aliphatic carbocycles. The van der Waals surface area contributed by atoms with Crippen LogP contribution in [0.1, 0.15) is 71.1 Å². The Morgan fingerprint density at radius 1 is 0.944 bits per heavy atom. The molecule has 0 saturated carbocycles. The average molecular weight is 517 g/mol. The van der Waals surface area contributed by atoms with Crippen LogP contribution >= 0.6 is 0 Å². The van der Waals surface area contributed by atoms with E-state index in [1.54, 1.807) is 6.08 Å². The van der Waals surface area contributed by atoms with Crippen LogP contribution in [0, 0.1) is 0 Å². The van der Waals surface area contributed by atoms with Gasteiger partial charge in [0, 0.05) is 19.2 Å². The van der Waals surface area contributed by atoms with Crippen molar-refractivity contribution < 1.29 is 44.5 Å². The quantitative estimate of drug-likeness (QED) is 0.0502. The molecule has 0 fully saturated rings. The van der Waals surface area contributed by atoms with Crippen molar-refractivity contribution in [3.8, 4) is 0 Å². The van der Waals surface area contributed by atoms with E-state index in [1.807, 2.05) is 0 Å². The molecule has 0 radical (unpaired) electrons. The molecule has 13 nitrogen and oxygen atoms in total. The second-order valence-electron chi connectivity index (χ2n) is 8.54. The number of aliphatic carboxylic acids is 2. The summed E-state index contributed by atoms with van der Waals surface area (Å²) in [7, 11) is 0. The largest absolute Gasteiger partial charge is 0.480 e. The number of hydrogen-bond donors (Lipinski definition) is 7. The fourth-order valence-corrected chi connectivity index (χ4v) is 3.06. The van der Waals surface area contributed by atoms with Crippen LogP contribution in [0.5, 0.6) is 0 Å². The highest BCUT2D eigenvalue weighted by Gasteiger charge is 2.40. The molecule has 0 rings (SSSR count). The van der Waals surface area contributed by atoms with Gasteiger partial charge in [0.15, 0.2) is 5.60 Å². The molecular weight excluding hydrogens is 476 g/mol. The first-order chi connectivity index (χ1) is 16.9. The molecule has 0 aromatic carbocycles. The highest BCUT2D eigenvalue weighted by Crippen LogP contribution is 2.16. The average Bonchev–Trinajstić information content (AvgIpc) is 2.80. The lowest BCUT2D eigenvalue weighted by atomic mass is 9.94. The Labute approximate surface area is 210 Å². The van der Waals surface area contributed by atoms with Crippen LogP contribution in [0.15, 0.2) is 12.2 Å². The maximum atomic E-state index is 12.1. The van der Waals surface area contributed by atoms with Crippen LogP contribution < -0.4 is 16.4 Å². The third-order valence-electron chi connectivity index (χ3n) is 5.26. The number of hydroxylamine groups is 2. The molecule has 0 spiro atoms. The summed E-state index contributed by atoms with van der Waals surface area (Å²) < 4.78 is 0. The lowest BCUT2D eigenvalue weighted by Crippen LogP contribution is -2.47. The molecule has 2 unspecified atom stereocenters. The van der Waals surface area contributed by atoms with Crippen molar-refractivity contribution in [3.05, 3.63) is 12.2 Å². The molecule has 0 bridgehead atoms. The van der Waals surface area contributed by atoms with Crippen LogP contribution in [0.2, 0.25) is 0 Å². The summed E-state index contributed by atoms with van der Waals surface area (Å²) >= 11 is 0. The summed E-state index contributed by atoms with van der Waals surface area (Å²) in [6.45, 7) is 1.88. The van der Waals surface area contributed by atoms with Gasteiger partial charge in [-0.2, -0.15) is 0 Å². The number of nitrogens with one attached hydrogen (secondary N) is 2. The van der Waals surface area contributed by atoms with Crippen LogP contribution in [-0.2, 0) is 24.0 Å². The predicted octanol–water partition coefficient (Wildman–Crippen LogP) is 0.141. The zero-order valence-electron chi connectivity index (χ0n) is 20.8. The van der Waals surface area contributed by atoms with Gasteiger partial charge in [-0.05, 0) is 25.7 Å². The minimum absolute atomic E-state index is 0.0146. The zero-order chi connectivity index (χ0) is 27.6. The normalized spacial score (nSPS) is 13.6. The van der Waals surface area contributed by atoms with Crippen LogP contribution in [-0.4, -0.2) is 86.5 Å².